The number of hydrogen-bond acceptors (Lipinski definition) is 5. The molecule has 5 nitrogen and oxygen atoms in total. The molecule has 0 amide bonds. The first-order chi connectivity index (χ1) is 11.4. The van der Waals surface area contributed by atoms with E-state index in [4.69, 9.17) is 18.9 Å². The molecule has 0 aliphatic heterocycles. The predicted molar refractivity (Wildman–Crippen MR) is 102 cm³/mol. The minimum absolute atomic E-state index is 0.396. The first kappa shape index (κ1) is 23.9. The number of ether oxygens (including phenoxy) is 4. The lowest BCUT2D eigenvalue weighted by Crippen LogP contribution is -2.36. The highest BCUT2D eigenvalue weighted by molar-refractivity contribution is 6.39. The third kappa shape index (κ3) is 11.5. The summed E-state index contributed by atoms with van der Waals surface area (Å²) in [5.74, 6) is 0. The Morgan fingerprint density at radius 2 is 1.25 bits per heavy atom. The van der Waals surface area contributed by atoms with Gasteiger partial charge in [-0.3, -0.25) is 4.99 Å². The summed E-state index contributed by atoms with van der Waals surface area (Å²) in [6, 6.07) is 2.22. The molecule has 0 N–H and O–H groups in total. The van der Waals surface area contributed by atoms with Gasteiger partial charge in [-0.05, 0) is 32.9 Å². The van der Waals surface area contributed by atoms with Gasteiger partial charge in [0.1, 0.15) is 29.9 Å². The van der Waals surface area contributed by atoms with Crippen molar-refractivity contribution >= 4 is 25.3 Å². The van der Waals surface area contributed by atoms with Gasteiger partial charge in [-0.2, -0.15) is 0 Å². The van der Waals surface area contributed by atoms with Crippen LogP contribution in [0.15, 0.2) is 4.99 Å². The lowest BCUT2D eigenvalue weighted by Gasteiger charge is -2.25. The van der Waals surface area contributed by atoms with Gasteiger partial charge in [0.2, 0.25) is 0 Å². The smallest absolute Gasteiger partial charge is 0.143 e. The molecule has 0 saturated heterocycles. The number of methoxy groups -OCH3 is 4. The van der Waals surface area contributed by atoms with Crippen LogP contribution < -0.4 is 0 Å². The first-order valence-corrected chi connectivity index (χ1v) is 11.1. The molecule has 0 aliphatic carbocycles. The molecule has 0 rings (SSSR count). The van der Waals surface area contributed by atoms with E-state index < -0.39 is 10.8 Å². The van der Waals surface area contributed by atoms with E-state index in [9.17, 15) is 0 Å². The van der Waals surface area contributed by atoms with E-state index in [1.54, 1.807) is 28.4 Å². The SMILES string of the molecule is COC(C)(OC)[Si]CCC=NCCCCCC[Si]C(C)(OC)OC. The van der Waals surface area contributed by atoms with E-state index in [0.717, 1.165) is 19.0 Å². The Morgan fingerprint density at radius 1 is 0.750 bits per heavy atom. The van der Waals surface area contributed by atoms with Crippen molar-refractivity contribution in [1.29, 1.82) is 0 Å². The Bertz CT molecular complexity index is 322. The molecule has 0 aromatic heterocycles. The van der Waals surface area contributed by atoms with Crippen molar-refractivity contribution in [2.75, 3.05) is 35.0 Å². The number of rotatable bonds is 16. The predicted octanol–water partition coefficient (Wildman–Crippen LogP) is 3.19. The average Bonchev–Trinajstić information content (AvgIpc) is 2.62. The van der Waals surface area contributed by atoms with Gasteiger partial charge < -0.3 is 18.9 Å². The highest BCUT2D eigenvalue weighted by Gasteiger charge is 2.22. The van der Waals surface area contributed by atoms with Gasteiger partial charge in [0.15, 0.2) is 0 Å². The zero-order valence-electron chi connectivity index (χ0n) is 16.3. The molecule has 140 valence electrons. The van der Waals surface area contributed by atoms with Gasteiger partial charge in [0.05, 0.1) is 0 Å². The van der Waals surface area contributed by atoms with Crippen molar-refractivity contribution in [2.24, 2.45) is 4.99 Å². The fraction of sp³-hybridized carbons (Fsp3) is 0.941. The summed E-state index contributed by atoms with van der Waals surface area (Å²) in [7, 11) is 8.11. The van der Waals surface area contributed by atoms with E-state index in [1.165, 1.54) is 31.7 Å². The molecule has 0 saturated carbocycles. The Balaban J connectivity index is 3.48. The highest BCUT2D eigenvalue weighted by atomic mass is 28.2. The van der Waals surface area contributed by atoms with Gasteiger partial charge in [0.25, 0.3) is 0 Å². The summed E-state index contributed by atoms with van der Waals surface area (Å²) < 4.78 is 21.4. The lowest BCUT2D eigenvalue weighted by molar-refractivity contribution is -0.131. The van der Waals surface area contributed by atoms with Crippen LogP contribution >= 0.6 is 0 Å². The molecule has 4 radical (unpaired) electrons. The maximum atomic E-state index is 5.37. The van der Waals surface area contributed by atoms with Gasteiger partial charge in [-0.25, -0.2) is 0 Å². The van der Waals surface area contributed by atoms with E-state index in [1.807, 2.05) is 20.1 Å². The van der Waals surface area contributed by atoms with Crippen LogP contribution in [-0.2, 0) is 18.9 Å². The summed E-state index contributed by atoms with van der Waals surface area (Å²) >= 11 is 0. The van der Waals surface area contributed by atoms with Crippen LogP contribution in [0, 0.1) is 0 Å². The molecule has 24 heavy (non-hydrogen) atoms. The minimum atomic E-state index is -0.434. The molecule has 0 unspecified atom stereocenters. The van der Waals surface area contributed by atoms with Crippen LogP contribution in [-0.4, -0.2) is 71.1 Å². The summed E-state index contributed by atoms with van der Waals surface area (Å²) in [6.45, 7) is 4.92. The largest absolute Gasteiger partial charge is 0.358 e. The maximum Gasteiger partial charge on any atom is 0.143 e. The molecule has 0 aliphatic rings. The summed E-state index contributed by atoms with van der Waals surface area (Å²) in [5, 5.41) is 0. The molecule has 0 spiro atoms. The molecular formula is C17H35NO4Si2. The molecule has 0 atom stereocenters. The molecule has 0 fully saturated rings. The average molecular weight is 374 g/mol. The third-order valence-electron chi connectivity index (χ3n) is 4.07. The van der Waals surface area contributed by atoms with Gasteiger partial charge >= 0.3 is 0 Å². The zero-order chi connectivity index (χ0) is 18.3. The van der Waals surface area contributed by atoms with Crippen LogP contribution in [0.4, 0.5) is 0 Å². The van der Waals surface area contributed by atoms with Crippen LogP contribution in [0.5, 0.6) is 0 Å². The maximum absolute atomic E-state index is 5.37. The Hall–Kier alpha value is -0.0562. The van der Waals surface area contributed by atoms with Crippen LogP contribution in [0.1, 0.15) is 46.0 Å². The van der Waals surface area contributed by atoms with Crippen molar-refractivity contribution in [3.63, 3.8) is 0 Å². The quantitative estimate of drug-likeness (QED) is 0.180. The van der Waals surface area contributed by atoms with Gasteiger partial charge in [0, 0.05) is 35.0 Å². The van der Waals surface area contributed by atoms with Crippen molar-refractivity contribution in [3.8, 4) is 0 Å². The number of aliphatic imine (C=N–C) groups is 1. The molecule has 0 aromatic rings. The Morgan fingerprint density at radius 3 is 1.79 bits per heavy atom. The minimum Gasteiger partial charge on any atom is -0.358 e. The normalized spacial score (nSPS) is 13.1. The van der Waals surface area contributed by atoms with Crippen molar-refractivity contribution < 1.29 is 18.9 Å². The molecular weight excluding hydrogens is 338 g/mol. The molecule has 0 heterocycles. The monoisotopic (exact) mass is 373 g/mol. The third-order valence-corrected chi connectivity index (χ3v) is 7.31. The van der Waals surface area contributed by atoms with Gasteiger partial charge in [-0.1, -0.05) is 31.4 Å². The standard InChI is InChI=1S/C17H35NO4Si2/c1-16(19-3,20-4)23-14-10-8-7-9-12-18-13-11-15-24-17(2,21-5)22-6/h13H,7-12,14-15H2,1-6H3. The Kier molecular flexibility index (Phi) is 14.1. The van der Waals surface area contributed by atoms with Gasteiger partial charge in [-0.15, -0.1) is 0 Å². The fourth-order valence-electron chi connectivity index (χ4n) is 2.00. The zero-order valence-corrected chi connectivity index (χ0v) is 18.3. The Labute approximate surface area is 153 Å². The second-order valence-electron chi connectivity index (χ2n) is 5.85. The second-order valence-corrected chi connectivity index (χ2v) is 9.38. The molecule has 0 aromatic carbocycles. The molecule has 0 bridgehead atoms. The number of hydrogen-bond donors (Lipinski definition) is 0. The summed E-state index contributed by atoms with van der Waals surface area (Å²) in [4.78, 5) is 4.49. The fourth-order valence-corrected chi connectivity index (χ4v) is 4.18. The second kappa shape index (κ2) is 14.1. The number of unbranched alkanes of at least 4 members (excludes halogenated alkanes) is 3. The van der Waals surface area contributed by atoms with Crippen molar-refractivity contribution in [1.82, 2.24) is 0 Å². The molecule has 7 heteroatoms. The van der Waals surface area contributed by atoms with Crippen molar-refractivity contribution in [3.05, 3.63) is 0 Å². The summed E-state index contributed by atoms with van der Waals surface area (Å²) in [6.07, 6.45) is 7.94. The van der Waals surface area contributed by atoms with E-state index in [2.05, 4.69) is 4.99 Å². The number of nitrogens with zero attached hydrogens (tertiary/aromatic N) is 1. The summed E-state index contributed by atoms with van der Waals surface area (Å²) in [5.41, 5.74) is -0.830. The van der Waals surface area contributed by atoms with Crippen LogP contribution in [0.3, 0.4) is 0 Å². The topological polar surface area (TPSA) is 49.3 Å². The van der Waals surface area contributed by atoms with E-state index >= 15 is 0 Å². The van der Waals surface area contributed by atoms with Crippen molar-refractivity contribution in [2.45, 2.75) is 68.9 Å². The lowest BCUT2D eigenvalue weighted by atomic mass is 10.2. The van der Waals surface area contributed by atoms with Crippen LogP contribution in [0.25, 0.3) is 0 Å². The van der Waals surface area contributed by atoms with E-state index in [-0.39, 0.29) is 0 Å². The van der Waals surface area contributed by atoms with E-state index in [0.29, 0.717) is 19.0 Å². The van der Waals surface area contributed by atoms with Crippen LogP contribution in [0.2, 0.25) is 12.1 Å². The highest BCUT2D eigenvalue weighted by Crippen LogP contribution is 2.13. The first-order valence-electron chi connectivity index (χ1n) is 8.64.